The molecule has 1 unspecified atom stereocenters. The highest BCUT2D eigenvalue weighted by molar-refractivity contribution is 6.47. The van der Waals surface area contributed by atoms with E-state index in [0.717, 1.165) is 50.9 Å². The molecule has 2 aromatic carbocycles. The van der Waals surface area contributed by atoms with E-state index >= 15 is 0 Å². The minimum atomic E-state index is -0.782. The van der Waals surface area contributed by atoms with Crippen LogP contribution in [-0.4, -0.2) is 52.8 Å². The third-order valence-electron chi connectivity index (χ3n) is 6.65. The minimum Gasteiger partial charge on any atom is -0.507 e. The molecule has 1 amide bonds. The molecule has 2 aromatic rings. The predicted molar refractivity (Wildman–Crippen MR) is 148 cm³/mol. The van der Waals surface area contributed by atoms with E-state index in [0.29, 0.717) is 34.1 Å². The number of unbranched alkanes of at least 4 members (excludes halogenated alkanes) is 2. The lowest BCUT2D eigenvalue weighted by Gasteiger charge is -2.28. The number of aliphatic hydroxyl groups excluding tert-OH is 1. The largest absolute Gasteiger partial charge is 0.507 e. The number of halogens is 2. The number of carbonyl (C=O) groups excluding carboxylic acids is 2. The lowest BCUT2D eigenvalue weighted by atomic mass is 9.95. The lowest BCUT2D eigenvalue weighted by Crippen LogP contribution is -2.34. The van der Waals surface area contributed by atoms with Crippen LogP contribution in [0.3, 0.4) is 0 Å². The zero-order valence-corrected chi connectivity index (χ0v) is 22.9. The average Bonchev–Trinajstić information content (AvgIpc) is 3.10. The van der Waals surface area contributed by atoms with Crippen molar-refractivity contribution in [2.45, 2.75) is 58.9 Å². The van der Waals surface area contributed by atoms with Crippen molar-refractivity contribution in [2.75, 3.05) is 26.2 Å². The Hall–Kier alpha value is -2.34. The van der Waals surface area contributed by atoms with Crippen LogP contribution in [0, 0.1) is 6.92 Å². The number of Topliss-reactive ketones (excluding diaryl/α,β-unsaturated/α-hetero) is 1. The predicted octanol–water partition coefficient (Wildman–Crippen LogP) is 7.02. The summed E-state index contributed by atoms with van der Waals surface area (Å²) in [4.78, 5) is 30.5. The molecule has 1 aliphatic heterocycles. The van der Waals surface area contributed by atoms with Crippen molar-refractivity contribution in [1.29, 1.82) is 0 Å². The van der Waals surface area contributed by atoms with Crippen LogP contribution in [0.25, 0.3) is 5.76 Å². The van der Waals surface area contributed by atoms with E-state index in [1.165, 1.54) is 0 Å². The summed E-state index contributed by atoms with van der Waals surface area (Å²) in [5.41, 5.74) is 2.14. The number of aryl methyl sites for hydroxylation is 1. The number of benzene rings is 2. The van der Waals surface area contributed by atoms with E-state index in [-0.39, 0.29) is 11.3 Å². The Kier molecular flexibility index (Phi) is 10.4. The molecule has 0 aromatic heterocycles. The highest BCUT2D eigenvalue weighted by Crippen LogP contribution is 2.42. The average molecular weight is 532 g/mol. The minimum absolute atomic E-state index is 0.0573. The molecule has 5 nitrogen and oxygen atoms in total. The molecule has 0 saturated carbocycles. The summed E-state index contributed by atoms with van der Waals surface area (Å²) in [6.07, 6.45) is 5.24. The molecule has 1 fully saturated rings. The van der Waals surface area contributed by atoms with Gasteiger partial charge in [0.25, 0.3) is 11.7 Å². The van der Waals surface area contributed by atoms with Gasteiger partial charge in [0.05, 0.1) is 11.6 Å². The molecule has 0 bridgehead atoms. The maximum absolute atomic E-state index is 13.3. The van der Waals surface area contributed by atoms with Gasteiger partial charge in [0, 0.05) is 22.2 Å². The molecule has 0 spiro atoms. The fraction of sp³-hybridized carbons (Fsp3) is 0.448. The molecular formula is C29H36Cl2N2O3. The molecular weight excluding hydrogens is 495 g/mol. The number of hydrogen-bond acceptors (Lipinski definition) is 4. The van der Waals surface area contributed by atoms with Gasteiger partial charge < -0.3 is 14.9 Å². The zero-order valence-electron chi connectivity index (χ0n) is 21.4. The Morgan fingerprint density at radius 1 is 0.944 bits per heavy atom. The fourth-order valence-corrected chi connectivity index (χ4v) is 5.10. The number of carbonyl (C=O) groups is 2. The number of aliphatic hydroxyl groups is 1. The van der Waals surface area contributed by atoms with Crippen molar-refractivity contribution in [3.63, 3.8) is 0 Å². The number of hydrogen-bond donors (Lipinski definition) is 1. The Labute approximate surface area is 224 Å². The topological polar surface area (TPSA) is 60.9 Å². The molecule has 3 rings (SSSR count). The van der Waals surface area contributed by atoms with Crippen molar-refractivity contribution >= 4 is 40.7 Å². The number of rotatable bonds is 12. The Morgan fingerprint density at radius 3 is 2.14 bits per heavy atom. The van der Waals surface area contributed by atoms with Crippen LogP contribution in [0.15, 0.2) is 48.0 Å². The van der Waals surface area contributed by atoms with Gasteiger partial charge in [-0.3, -0.25) is 9.59 Å². The quantitative estimate of drug-likeness (QED) is 0.182. The summed E-state index contributed by atoms with van der Waals surface area (Å²) in [6.45, 7) is 9.57. The van der Waals surface area contributed by atoms with Crippen LogP contribution in [0.5, 0.6) is 0 Å². The van der Waals surface area contributed by atoms with E-state index in [1.807, 2.05) is 19.1 Å². The van der Waals surface area contributed by atoms with Crippen LogP contribution in [-0.2, 0) is 9.59 Å². The van der Waals surface area contributed by atoms with Crippen LogP contribution in [0.2, 0.25) is 10.0 Å². The normalized spacial score (nSPS) is 17.4. The van der Waals surface area contributed by atoms with Gasteiger partial charge in [-0.15, -0.1) is 0 Å². The van der Waals surface area contributed by atoms with E-state index < -0.39 is 17.7 Å². The van der Waals surface area contributed by atoms with E-state index in [1.54, 1.807) is 35.2 Å². The van der Waals surface area contributed by atoms with E-state index in [4.69, 9.17) is 23.2 Å². The van der Waals surface area contributed by atoms with Crippen molar-refractivity contribution in [3.05, 3.63) is 74.8 Å². The molecule has 1 aliphatic rings. The molecule has 0 aliphatic carbocycles. The van der Waals surface area contributed by atoms with Gasteiger partial charge in [-0.25, -0.2) is 0 Å². The van der Waals surface area contributed by atoms with Crippen molar-refractivity contribution in [1.82, 2.24) is 9.80 Å². The molecule has 36 heavy (non-hydrogen) atoms. The molecule has 1 atom stereocenters. The third kappa shape index (κ3) is 6.70. The molecule has 1 saturated heterocycles. The van der Waals surface area contributed by atoms with Gasteiger partial charge in [-0.05, 0) is 63.5 Å². The first-order chi connectivity index (χ1) is 17.3. The highest BCUT2D eigenvalue weighted by Gasteiger charge is 2.46. The maximum atomic E-state index is 13.3. The van der Waals surface area contributed by atoms with E-state index in [9.17, 15) is 14.7 Å². The summed E-state index contributed by atoms with van der Waals surface area (Å²) < 4.78 is 0. The standard InChI is InChI=1S/C29H36Cl2N2O3/c1-4-6-15-32(16-7-5-2)17-8-18-33-26(23-14-13-22(30)19-24(23)31)25(28(35)29(33)36)27(34)21-11-9-20(3)10-12-21/h9-14,19,26,34H,4-8,15-18H2,1-3H3/b27-25+. The maximum Gasteiger partial charge on any atom is 0.295 e. The number of ketones is 1. The van der Waals surface area contributed by atoms with Gasteiger partial charge in [0.15, 0.2) is 0 Å². The SMILES string of the molecule is CCCCN(CCCC)CCCN1C(=O)C(=O)/C(=C(/O)c2ccc(C)cc2)C1c1ccc(Cl)cc1Cl. The van der Waals surface area contributed by atoms with Crippen molar-refractivity contribution in [3.8, 4) is 0 Å². The van der Waals surface area contributed by atoms with Gasteiger partial charge in [0.1, 0.15) is 5.76 Å². The summed E-state index contributed by atoms with van der Waals surface area (Å²) in [5, 5.41) is 12.0. The van der Waals surface area contributed by atoms with Crippen LogP contribution in [0.1, 0.15) is 68.7 Å². The van der Waals surface area contributed by atoms with Crippen molar-refractivity contribution in [2.24, 2.45) is 0 Å². The van der Waals surface area contributed by atoms with Gasteiger partial charge in [0.2, 0.25) is 0 Å². The van der Waals surface area contributed by atoms with Crippen LogP contribution >= 0.6 is 23.2 Å². The number of nitrogens with zero attached hydrogens (tertiary/aromatic N) is 2. The zero-order chi connectivity index (χ0) is 26.2. The second-order valence-corrected chi connectivity index (χ2v) is 10.3. The first-order valence-corrected chi connectivity index (χ1v) is 13.6. The molecule has 7 heteroatoms. The summed E-state index contributed by atoms with van der Waals surface area (Å²) in [5.74, 6) is -1.51. The molecule has 194 valence electrons. The summed E-state index contributed by atoms with van der Waals surface area (Å²) in [7, 11) is 0. The monoisotopic (exact) mass is 530 g/mol. The van der Waals surface area contributed by atoms with E-state index in [2.05, 4.69) is 18.7 Å². The van der Waals surface area contributed by atoms with Crippen LogP contribution < -0.4 is 0 Å². The Bertz CT molecular complexity index is 1090. The first kappa shape index (κ1) is 28.2. The second kappa shape index (κ2) is 13.3. The lowest BCUT2D eigenvalue weighted by molar-refractivity contribution is -0.140. The second-order valence-electron chi connectivity index (χ2n) is 9.43. The summed E-state index contributed by atoms with van der Waals surface area (Å²) in [6, 6.07) is 11.4. The number of likely N-dealkylation sites (tertiary alicyclic amines) is 1. The van der Waals surface area contributed by atoms with Gasteiger partial charge in [-0.2, -0.15) is 0 Å². The summed E-state index contributed by atoms with van der Waals surface area (Å²) >= 11 is 12.7. The smallest absolute Gasteiger partial charge is 0.295 e. The van der Waals surface area contributed by atoms with Gasteiger partial charge >= 0.3 is 0 Å². The molecule has 1 heterocycles. The number of amides is 1. The van der Waals surface area contributed by atoms with Crippen LogP contribution in [0.4, 0.5) is 0 Å². The first-order valence-electron chi connectivity index (χ1n) is 12.8. The Balaban J connectivity index is 1.95. The molecule has 1 N–H and O–H groups in total. The third-order valence-corrected chi connectivity index (χ3v) is 7.21. The Morgan fingerprint density at radius 2 is 1.56 bits per heavy atom. The highest BCUT2D eigenvalue weighted by atomic mass is 35.5. The molecule has 0 radical (unpaired) electrons. The van der Waals surface area contributed by atoms with Crippen molar-refractivity contribution < 1.29 is 14.7 Å². The fourth-order valence-electron chi connectivity index (χ4n) is 4.59. The van der Waals surface area contributed by atoms with Gasteiger partial charge in [-0.1, -0.05) is 85.8 Å².